The number of rotatable bonds is 3. The molecule has 0 spiro atoms. The minimum absolute atomic E-state index is 0.0892. The molecule has 0 unspecified atom stereocenters. The number of likely N-dealkylation sites (N-methyl/N-ethyl adjacent to an activating group) is 1. The van der Waals surface area contributed by atoms with Crippen molar-refractivity contribution in [3.05, 3.63) is 12.1 Å². The van der Waals surface area contributed by atoms with E-state index in [1.807, 2.05) is 0 Å². The van der Waals surface area contributed by atoms with Crippen LogP contribution in [0.2, 0.25) is 0 Å². The van der Waals surface area contributed by atoms with Crippen molar-refractivity contribution < 1.29 is 9.42 Å². The summed E-state index contributed by atoms with van der Waals surface area (Å²) in [4.78, 5) is 12.5. The molecule has 7 nitrogen and oxygen atoms in total. The molecule has 0 aliphatic carbocycles. The Balaban J connectivity index is 2.48. The van der Waals surface area contributed by atoms with Crippen molar-refractivity contribution in [1.29, 1.82) is 0 Å². The minimum atomic E-state index is -0.427. The summed E-state index contributed by atoms with van der Waals surface area (Å²) in [6.45, 7) is 0.0892. The standard InChI is InChI=1S/C9H11N5O2/c1-14(4-7(11)15)6-3-2-5(10)8-9(6)13-16-12-8/h2-3H,4,10H2,1H3,(H2,11,15). The van der Waals surface area contributed by atoms with Crippen LogP contribution in [-0.2, 0) is 4.79 Å². The van der Waals surface area contributed by atoms with Crippen LogP contribution < -0.4 is 16.4 Å². The van der Waals surface area contributed by atoms with Crippen LogP contribution >= 0.6 is 0 Å². The molecule has 0 aliphatic heterocycles. The van der Waals surface area contributed by atoms with Gasteiger partial charge in [-0.2, -0.15) is 0 Å². The number of fused-ring (bicyclic) bond motifs is 1. The molecule has 0 saturated heterocycles. The molecule has 0 radical (unpaired) electrons. The Labute approximate surface area is 90.9 Å². The second-order valence-electron chi connectivity index (χ2n) is 3.46. The van der Waals surface area contributed by atoms with Gasteiger partial charge in [0.2, 0.25) is 5.91 Å². The van der Waals surface area contributed by atoms with Crippen LogP contribution in [0.5, 0.6) is 0 Å². The zero-order valence-corrected chi connectivity index (χ0v) is 8.67. The van der Waals surface area contributed by atoms with E-state index < -0.39 is 5.91 Å². The fourth-order valence-electron chi connectivity index (χ4n) is 1.50. The quantitative estimate of drug-likeness (QED) is 0.690. The highest BCUT2D eigenvalue weighted by Crippen LogP contribution is 2.27. The summed E-state index contributed by atoms with van der Waals surface area (Å²) < 4.78 is 4.62. The molecule has 1 aromatic heterocycles. The van der Waals surface area contributed by atoms with E-state index in [9.17, 15) is 4.79 Å². The number of amides is 1. The number of anilines is 2. The molecule has 1 heterocycles. The van der Waals surface area contributed by atoms with Crippen LogP contribution in [-0.4, -0.2) is 29.8 Å². The van der Waals surface area contributed by atoms with Crippen molar-refractivity contribution in [2.75, 3.05) is 24.2 Å². The summed E-state index contributed by atoms with van der Waals surface area (Å²) in [5, 5.41) is 7.43. The van der Waals surface area contributed by atoms with Crippen molar-refractivity contribution in [3.8, 4) is 0 Å². The molecule has 16 heavy (non-hydrogen) atoms. The van der Waals surface area contributed by atoms with E-state index in [1.54, 1.807) is 24.1 Å². The monoisotopic (exact) mass is 221 g/mol. The predicted molar refractivity (Wildman–Crippen MR) is 58.7 cm³/mol. The van der Waals surface area contributed by atoms with Gasteiger partial charge in [0.15, 0.2) is 11.0 Å². The Bertz CT molecular complexity index is 536. The molecular formula is C9H11N5O2. The van der Waals surface area contributed by atoms with Gasteiger partial charge in [0.1, 0.15) is 0 Å². The number of nitrogens with zero attached hydrogens (tertiary/aromatic N) is 3. The van der Waals surface area contributed by atoms with Gasteiger partial charge in [-0.05, 0) is 22.4 Å². The lowest BCUT2D eigenvalue weighted by molar-refractivity contribution is -0.116. The zero-order chi connectivity index (χ0) is 11.7. The first-order chi connectivity index (χ1) is 7.59. The van der Waals surface area contributed by atoms with E-state index in [-0.39, 0.29) is 6.54 Å². The van der Waals surface area contributed by atoms with Gasteiger partial charge in [0.05, 0.1) is 17.9 Å². The number of primary amides is 1. The molecule has 0 aliphatic rings. The van der Waals surface area contributed by atoms with Gasteiger partial charge in [-0.3, -0.25) is 4.79 Å². The molecule has 1 amide bonds. The average Bonchev–Trinajstić information content (AvgIpc) is 2.66. The number of hydrogen-bond donors (Lipinski definition) is 2. The largest absolute Gasteiger partial charge is 0.397 e. The highest BCUT2D eigenvalue weighted by atomic mass is 16.6. The molecule has 1 aromatic carbocycles. The molecule has 2 rings (SSSR count). The summed E-state index contributed by atoms with van der Waals surface area (Å²) in [5.74, 6) is -0.427. The summed E-state index contributed by atoms with van der Waals surface area (Å²) in [6, 6.07) is 3.42. The second kappa shape index (κ2) is 3.69. The van der Waals surface area contributed by atoms with Crippen molar-refractivity contribution in [2.24, 2.45) is 5.73 Å². The third-order valence-corrected chi connectivity index (χ3v) is 2.23. The maximum Gasteiger partial charge on any atom is 0.236 e. The summed E-state index contributed by atoms with van der Waals surface area (Å²) in [7, 11) is 1.73. The van der Waals surface area contributed by atoms with Crippen LogP contribution in [0.25, 0.3) is 11.0 Å². The highest BCUT2D eigenvalue weighted by molar-refractivity contribution is 5.96. The average molecular weight is 221 g/mol. The minimum Gasteiger partial charge on any atom is -0.397 e. The zero-order valence-electron chi connectivity index (χ0n) is 8.67. The third-order valence-electron chi connectivity index (χ3n) is 2.23. The number of nitrogen functional groups attached to an aromatic ring is 1. The van der Waals surface area contributed by atoms with E-state index in [4.69, 9.17) is 11.5 Å². The van der Waals surface area contributed by atoms with Crippen molar-refractivity contribution in [2.45, 2.75) is 0 Å². The first-order valence-corrected chi connectivity index (χ1v) is 4.60. The Kier molecular flexibility index (Phi) is 2.35. The number of carbonyl (C=O) groups is 1. The Hall–Kier alpha value is -2.31. The molecule has 0 atom stereocenters. The molecule has 84 valence electrons. The van der Waals surface area contributed by atoms with E-state index in [2.05, 4.69) is 14.9 Å². The van der Waals surface area contributed by atoms with Gasteiger partial charge < -0.3 is 16.4 Å². The first-order valence-electron chi connectivity index (χ1n) is 4.60. The van der Waals surface area contributed by atoms with E-state index in [0.29, 0.717) is 22.4 Å². The van der Waals surface area contributed by atoms with Gasteiger partial charge in [-0.1, -0.05) is 0 Å². The van der Waals surface area contributed by atoms with Gasteiger partial charge in [-0.25, -0.2) is 4.63 Å². The molecular weight excluding hydrogens is 210 g/mol. The van der Waals surface area contributed by atoms with E-state index in [0.717, 1.165) is 0 Å². The predicted octanol–water partition coefficient (Wildman–Crippen LogP) is -0.274. The number of aromatic nitrogens is 2. The molecule has 4 N–H and O–H groups in total. The topological polar surface area (TPSA) is 111 Å². The third kappa shape index (κ3) is 1.62. The summed E-state index contributed by atoms with van der Waals surface area (Å²) in [5.41, 5.74) is 13.0. The Morgan fingerprint density at radius 1 is 1.44 bits per heavy atom. The normalized spacial score (nSPS) is 10.6. The van der Waals surface area contributed by atoms with Crippen LogP contribution in [0.4, 0.5) is 11.4 Å². The van der Waals surface area contributed by atoms with Crippen LogP contribution in [0, 0.1) is 0 Å². The molecule has 2 aromatic rings. The van der Waals surface area contributed by atoms with Crippen LogP contribution in [0.3, 0.4) is 0 Å². The van der Waals surface area contributed by atoms with Crippen molar-refractivity contribution in [1.82, 2.24) is 10.3 Å². The molecule has 7 heteroatoms. The maximum absolute atomic E-state index is 10.8. The second-order valence-corrected chi connectivity index (χ2v) is 3.46. The number of nitrogens with two attached hydrogens (primary N) is 2. The van der Waals surface area contributed by atoms with E-state index in [1.165, 1.54) is 0 Å². The maximum atomic E-state index is 10.8. The summed E-state index contributed by atoms with van der Waals surface area (Å²) >= 11 is 0. The van der Waals surface area contributed by atoms with Crippen LogP contribution in [0.1, 0.15) is 0 Å². The van der Waals surface area contributed by atoms with E-state index >= 15 is 0 Å². The van der Waals surface area contributed by atoms with Crippen molar-refractivity contribution in [3.63, 3.8) is 0 Å². The van der Waals surface area contributed by atoms with Gasteiger partial charge in [-0.15, -0.1) is 0 Å². The molecule has 0 bridgehead atoms. The Morgan fingerprint density at radius 3 is 2.81 bits per heavy atom. The fourth-order valence-corrected chi connectivity index (χ4v) is 1.50. The molecule has 0 saturated carbocycles. The van der Waals surface area contributed by atoms with Crippen LogP contribution in [0.15, 0.2) is 16.8 Å². The number of carbonyl (C=O) groups excluding carboxylic acids is 1. The lowest BCUT2D eigenvalue weighted by atomic mass is 10.2. The first kappa shape index (κ1) is 10.2. The van der Waals surface area contributed by atoms with Gasteiger partial charge in [0, 0.05) is 7.05 Å². The summed E-state index contributed by atoms with van der Waals surface area (Å²) in [6.07, 6.45) is 0. The molecule has 0 fully saturated rings. The lowest BCUT2D eigenvalue weighted by Crippen LogP contribution is -2.30. The number of benzene rings is 1. The van der Waals surface area contributed by atoms with Crippen molar-refractivity contribution >= 4 is 28.3 Å². The fraction of sp³-hybridized carbons (Fsp3) is 0.222. The lowest BCUT2D eigenvalue weighted by Gasteiger charge is -2.17. The van der Waals surface area contributed by atoms with Gasteiger partial charge in [0.25, 0.3) is 0 Å². The smallest absolute Gasteiger partial charge is 0.236 e. The Morgan fingerprint density at radius 2 is 2.12 bits per heavy atom. The highest BCUT2D eigenvalue weighted by Gasteiger charge is 2.14. The SMILES string of the molecule is CN(CC(N)=O)c1ccc(N)c2nonc12. The number of hydrogen-bond acceptors (Lipinski definition) is 6. The van der Waals surface area contributed by atoms with Gasteiger partial charge >= 0.3 is 0 Å².